The monoisotopic (exact) mass is 528 g/mol. The predicted octanol–water partition coefficient (Wildman–Crippen LogP) is 0.973. The summed E-state index contributed by atoms with van der Waals surface area (Å²) in [6.07, 6.45) is 1.62. The number of rotatable bonds is 5. The van der Waals surface area contributed by atoms with E-state index in [9.17, 15) is 4.79 Å². The first-order chi connectivity index (χ1) is 16.5. The van der Waals surface area contributed by atoms with E-state index in [-0.39, 0.29) is 52.9 Å². The van der Waals surface area contributed by atoms with E-state index >= 15 is 0 Å². The standard InChI is InChI=1S/C7H12O4.8C2H6O/c1-3-10-6(2)11-5-4-7(8)9;8*1-2-3/h4-6H,3H2,1-2H3,(H,8,9);8*3H,2H2,1H3. The van der Waals surface area contributed by atoms with E-state index in [1.165, 1.54) is 0 Å². The molecule has 0 fully saturated rings. The van der Waals surface area contributed by atoms with E-state index in [0.717, 1.165) is 12.3 Å². The average Bonchev–Trinajstić information content (AvgIpc) is 2.73. The van der Waals surface area contributed by atoms with Crippen LogP contribution in [0.5, 0.6) is 0 Å². The third kappa shape index (κ3) is 524. The molecule has 0 bridgehead atoms. The zero-order valence-corrected chi connectivity index (χ0v) is 23.8. The molecule has 12 heteroatoms. The molecule has 0 aromatic carbocycles. The molecule has 0 heterocycles. The largest absolute Gasteiger partial charge is 0.478 e. The van der Waals surface area contributed by atoms with Crippen molar-refractivity contribution in [1.82, 2.24) is 0 Å². The lowest BCUT2D eigenvalue weighted by molar-refractivity contribution is -0.131. The van der Waals surface area contributed by atoms with Crippen LogP contribution in [0.3, 0.4) is 0 Å². The van der Waals surface area contributed by atoms with Crippen LogP contribution in [0.2, 0.25) is 0 Å². The highest BCUT2D eigenvalue weighted by atomic mass is 16.7. The molecule has 35 heavy (non-hydrogen) atoms. The molecule has 0 saturated carbocycles. The van der Waals surface area contributed by atoms with Gasteiger partial charge in [0.25, 0.3) is 0 Å². The maximum Gasteiger partial charge on any atom is 0.331 e. The Labute approximate surface area is 214 Å². The number of aliphatic hydroxyl groups is 8. The minimum atomic E-state index is -1.03. The smallest absolute Gasteiger partial charge is 0.331 e. The van der Waals surface area contributed by atoms with Gasteiger partial charge in [-0.15, -0.1) is 0 Å². The second-order valence-corrected chi connectivity index (χ2v) is 4.33. The van der Waals surface area contributed by atoms with Gasteiger partial charge in [0.15, 0.2) is 6.29 Å². The van der Waals surface area contributed by atoms with E-state index in [1.54, 1.807) is 62.3 Å². The van der Waals surface area contributed by atoms with Crippen molar-refractivity contribution in [3.8, 4) is 0 Å². The number of hydrogen-bond acceptors (Lipinski definition) is 11. The number of carboxylic acids is 1. The fraction of sp³-hybridized carbons (Fsp3) is 0.870. The Morgan fingerprint density at radius 1 is 0.600 bits per heavy atom. The summed E-state index contributed by atoms with van der Waals surface area (Å²) in [6.45, 7) is 19.5. The second kappa shape index (κ2) is 105. The Morgan fingerprint density at radius 2 is 0.800 bits per heavy atom. The van der Waals surface area contributed by atoms with E-state index in [2.05, 4.69) is 0 Å². The van der Waals surface area contributed by atoms with Crippen LogP contribution in [0.15, 0.2) is 12.3 Å². The Morgan fingerprint density at radius 3 is 0.943 bits per heavy atom. The van der Waals surface area contributed by atoms with E-state index in [4.69, 9.17) is 55.4 Å². The fourth-order valence-corrected chi connectivity index (χ4v) is 0.482. The minimum Gasteiger partial charge on any atom is -0.478 e. The summed E-state index contributed by atoms with van der Waals surface area (Å²) >= 11 is 0. The summed E-state index contributed by atoms with van der Waals surface area (Å²) in [6, 6.07) is 0. The molecule has 9 N–H and O–H groups in total. The summed E-state index contributed by atoms with van der Waals surface area (Å²) in [5.74, 6) is -1.03. The molecule has 0 aromatic rings. The topological polar surface area (TPSA) is 218 Å². The summed E-state index contributed by atoms with van der Waals surface area (Å²) in [5.41, 5.74) is 0. The molecule has 0 spiro atoms. The molecule has 0 saturated heterocycles. The van der Waals surface area contributed by atoms with Gasteiger partial charge in [-0.1, -0.05) is 0 Å². The molecule has 0 radical (unpaired) electrons. The molecule has 0 rings (SSSR count). The van der Waals surface area contributed by atoms with Gasteiger partial charge in [-0.05, 0) is 69.2 Å². The molecule has 0 aliphatic carbocycles. The van der Waals surface area contributed by atoms with E-state index in [1.807, 2.05) is 6.92 Å². The molecule has 0 aliphatic rings. The maximum atomic E-state index is 9.93. The van der Waals surface area contributed by atoms with Crippen molar-refractivity contribution in [2.24, 2.45) is 0 Å². The Hall–Kier alpha value is -1.35. The van der Waals surface area contributed by atoms with Crippen molar-refractivity contribution in [1.29, 1.82) is 0 Å². The zero-order valence-electron chi connectivity index (χ0n) is 23.8. The van der Waals surface area contributed by atoms with Crippen LogP contribution in [0.4, 0.5) is 0 Å². The third-order valence-electron chi connectivity index (χ3n) is 0.882. The molecular weight excluding hydrogens is 468 g/mol. The molecule has 0 amide bonds. The van der Waals surface area contributed by atoms with Crippen molar-refractivity contribution in [3.63, 3.8) is 0 Å². The van der Waals surface area contributed by atoms with Gasteiger partial charge in [0.05, 0.1) is 12.3 Å². The lowest BCUT2D eigenvalue weighted by atomic mass is 10.6. The average molecular weight is 529 g/mol. The highest BCUT2D eigenvalue weighted by molar-refractivity contribution is 5.79. The normalized spacial score (nSPS) is 8.29. The van der Waals surface area contributed by atoms with Gasteiger partial charge in [0, 0.05) is 59.5 Å². The van der Waals surface area contributed by atoms with Crippen molar-refractivity contribution in [2.75, 3.05) is 59.5 Å². The van der Waals surface area contributed by atoms with E-state index in [0.29, 0.717) is 6.61 Å². The van der Waals surface area contributed by atoms with Crippen LogP contribution < -0.4 is 0 Å². The third-order valence-corrected chi connectivity index (χ3v) is 0.882. The Kier molecular flexibility index (Phi) is 177. The summed E-state index contributed by atoms with van der Waals surface area (Å²) in [5, 5.41) is 68.7. The molecule has 1 unspecified atom stereocenters. The number of carboxylic acid groups (broad SMARTS) is 1. The minimum absolute atomic E-state index is 0.250. The summed E-state index contributed by atoms with van der Waals surface area (Å²) < 4.78 is 9.77. The number of hydrogen-bond donors (Lipinski definition) is 9. The van der Waals surface area contributed by atoms with Crippen LogP contribution >= 0.6 is 0 Å². The van der Waals surface area contributed by atoms with Gasteiger partial charge in [0.2, 0.25) is 0 Å². The van der Waals surface area contributed by atoms with Gasteiger partial charge < -0.3 is 55.4 Å². The van der Waals surface area contributed by atoms with Crippen molar-refractivity contribution >= 4 is 5.97 Å². The van der Waals surface area contributed by atoms with Gasteiger partial charge in [0.1, 0.15) is 0 Å². The highest BCUT2D eigenvalue weighted by Crippen LogP contribution is 1.92. The van der Waals surface area contributed by atoms with Crippen molar-refractivity contribution < 1.29 is 60.2 Å². The second-order valence-electron chi connectivity index (χ2n) is 4.33. The maximum absolute atomic E-state index is 9.93. The summed E-state index contributed by atoms with van der Waals surface area (Å²) in [4.78, 5) is 9.93. The fourth-order valence-electron chi connectivity index (χ4n) is 0.482. The van der Waals surface area contributed by atoms with Crippen molar-refractivity contribution in [2.45, 2.75) is 75.5 Å². The van der Waals surface area contributed by atoms with Gasteiger partial charge in [-0.3, -0.25) is 0 Å². The number of carbonyl (C=O) groups is 1. The molecular formula is C23H60O12. The molecule has 0 aromatic heterocycles. The van der Waals surface area contributed by atoms with Gasteiger partial charge in [-0.25, -0.2) is 4.79 Å². The SMILES string of the molecule is CCO.CCO.CCO.CCO.CCO.CCO.CCO.CCO.CCOC(C)OC=CC(=O)O. The zero-order chi connectivity index (χ0) is 30.3. The highest BCUT2D eigenvalue weighted by Gasteiger charge is 1.96. The molecule has 1 atom stereocenters. The van der Waals surface area contributed by atoms with Crippen molar-refractivity contribution in [3.05, 3.63) is 12.3 Å². The quantitative estimate of drug-likeness (QED) is 0.138. The molecule has 0 aliphatic heterocycles. The van der Waals surface area contributed by atoms with Crippen LogP contribution in [0, 0.1) is 0 Å². The Balaban J connectivity index is -0.0000000340. The van der Waals surface area contributed by atoms with Crippen LogP contribution in [0.25, 0.3) is 0 Å². The van der Waals surface area contributed by atoms with Crippen LogP contribution in [-0.4, -0.2) is 118 Å². The number of aliphatic hydroxyl groups excluding tert-OH is 8. The van der Waals surface area contributed by atoms with Crippen LogP contribution in [0.1, 0.15) is 69.2 Å². The first kappa shape index (κ1) is 59.0. The van der Waals surface area contributed by atoms with Crippen LogP contribution in [-0.2, 0) is 14.3 Å². The Bertz CT molecular complexity index is 233. The first-order valence-corrected chi connectivity index (χ1v) is 11.5. The lowest BCUT2D eigenvalue weighted by Gasteiger charge is -2.09. The number of ether oxygens (including phenoxy) is 2. The molecule has 12 nitrogen and oxygen atoms in total. The first-order valence-electron chi connectivity index (χ1n) is 11.5. The molecule has 224 valence electrons. The van der Waals surface area contributed by atoms with Gasteiger partial charge >= 0.3 is 5.97 Å². The summed E-state index contributed by atoms with van der Waals surface area (Å²) in [7, 11) is 0. The number of aliphatic carboxylic acids is 1. The predicted molar refractivity (Wildman–Crippen MR) is 141 cm³/mol. The van der Waals surface area contributed by atoms with E-state index < -0.39 is 12.3 Å². The lowest BCUT2D eigenvalue weighted by Crippen LogP contribution is -2.09. The van der Waals surface area contributed by atoms with Gasteiger partial charge in [-0.2, -0.15) is 0 Å².